The van der Waals surface area contributed by atoms with E-state index in [0.717, 1.165) is 42.1 Å². The molecule has 2 saturated heterocycles. The topological polar surface area (TPSA) is 80.3 Å². The van der Waals surface area contributed by atoms with Gasteiger partial charge < -0.3 is 19.4 Å². The summed E-state index contributed by atoms with van der Waals surface area (Å²) in [4.78, 5) is 26.4. The van der Waals surface area contributed by atoms with Gasteiger partial charge in [0.05, 0.1) is 18.4 Å². The van der Waals surface area contributed by atoms with E-state index < -0.39 is 0 Å². The molecule has 0 bridgehead atoms. The normalized spacial score (nSPS) is 21.4. The molecule has 1 aromatic carbocycles. The third-order valence-electron chi connectivity index (χ3n) is 6.04. The fourth-order valence-corrected chi connectivity index (χ4v) is 4.43. The molecule has 150 valence electrons. The van der Waals surface area contributed by atoms with Crippen LogP contribution in [0.2, 0.25) is 0 Å². The SMILES string of the molecule is O=C(c1ccc2cc[nH]c2c1)N1CCC2(CC1)CC(Oc1cnccn1)CCO2. The van der Waals surface area contributed by atoms with Crippen molar-refractivity contribution in [1.82, 2.24) is 19.9 Å². The fourth-order valence-electron chi connectivity index (χ4n) is 4.43. The van der Waals surface area contributed by atoms with Crippen molar-refractivity contribution in [3.63, 3.8) is 0 Å². The summed E-state index contributed by atoms with van der Waals surface area (Å²) in [6.45, 7) is 2.06. The highest BCUT2D eigenvalue weighted by Crippen LogP contribution is 2.36. The Morgan fingerprint density at radius 2 is 2.14 bits per heavy atom. The average molecular weight is 392 g/mol. The van der Waals surface area contributed by atoms with Crippen molar-refractivity contribution in [2.45, 2.75) is 37.4 Å². The standard InChI is InChI=1S/C22H24N4O3/c27-21(17-2-1-16-3-7-24-19(16)13-17)26-10-5-22(6-11-26)14-18(4-12-28-22)29-20-15-23-8-9-25-20/h1-3,7-9,13,15,18,24H,4-6,10-12,14H2. The number of benzene rings is 1. The minimum Gasteiger partial charge on any atom is -0.473 e. The summed E-state index contributed by atoms with van der Waals surface area (Å²) in [6, 6.07) is 7.84. The summed E-state index contributed by atoms with van der Waals surface area (Å²) in [5.74, 6) is 0.640. The highest BCUT2D eigenvalue weighted by Gasteiger charge is 2.42. The van der Waals surface area contributed by atoms with Crippen LogP contribution in [0.5, 0.6) is 5.88 Å². The highest BCUT2D eigenvalue weighted by atomic mass is 16.5. The van der Waals surface area contributed by atoms with Gasteiger partial charge >= 0.3 is 0 Å². The number of piperidine rings is 1. The van der Waals surface area contributed by atoms with Crippen LogP contribution in [-0.2, 0) is 4.74 Å². The molecule has 1 atom stereocenters. The lowest BCUT2D eigenvalue weighted by Gasteiger charge is -2.45. The largest absolute Gasteiger partial charge is 0.473 e. The summed E-state index contributed by atoms with van der Waals surface area (Å²) in [5.41, 5.74) is 1.50. The number of hydrogen-bond acceptors (Lipinski definition) is 5. The zero-order valence-corrected chi connectivity index (χ0v) is 16.2. The van der Waals surface area contributed by atoms with E-state index in [1.807, 2.05) is 35.4 Å². The van der Waals surface area contributed by atoms with Gasteiger partial charge in [0.15, 0.2) is 0 Å². The number of fused-ring (bicyclic) bond motifs is 1. The molecule has 0 saturated carbocycles. The van der Waals surface area contributed by atoms with Gasteiger partial charge in [-0.3, -0.25) is 9.78 Å². The van der Waals surface area contributed by atoms with Crippen molar-refractivity contribution in [3.05, 3.63) is 54.6 Å². The number of aromatic nitrogens is 3. The van der Waals surface area contributed by atoms with Gasteiger partial charge in [0.25, 0.3) is 5.91 Å². The van der Waals surface area contributed by atoms with E-state index >= 15 is 0 Å². The van der Waals surface area contributed by atoms with Crippen molar-refractivity contribution in [2.24, 2.45) is 0 Å². The van der Waals surface area contributed by atoms with Gasteiger partial charge in [0.2, 0.25) is 5.88 Å². The van der Waals surface area contributed by atoms with E-state index in [1.54, 1.807) is 18.6 Å². The van der Waals surface area contributed by atoms with E-state index in [4.69, 9.17) is 9.47 Å². The molecule has 2 aromatic heterocycles. The Hall–Kier alpha value is -2.93. The Balaban J connectivity index is 1.22. The smallest absolute Gasteiger partial charge is 0.253 e. The van der Waals surface area contributed by atoms with Crippen LogP contribution in [-0.4, -0.2) is 57.2 Å². The molecule has 29 heavy (non-hydrogen) atoms. The second-order valence-corrected chi connectivity index (χ2v) is 7.88. The van der Waals surface area contributed by atoms with Crippen LogP contribution >= 0.6 is 0 Å². The number of nitrogens with zero attached hydrogens (tertiary/aromatic N) is 3. The number of aromatic amines is 1. The quantitative estimate of drug-likeness (QED) is 0.740. The minimum absolute atomic E-state index is 0.0676. The molecular weight excluding hydrogens is 368 g/mol. The molecule has 2 fully saturated rings. The van der Waals surface area contributed by atoms with Gasteiger partial charge in [-0.2, -0.15) is 0 Å². The molecule has 2 aliphatic heterocycles. The van der Waals surface area contributed by atoms with E-state index in [2.05, 4.69) is 15.0 Å². The van der Waals surface area contributed by atoms with E-state index in [9.17, 15) is 4.79 Å². The summed E-state index contributed by atoms with van der Waals surface area (Å²) < 4.78 is 12.2. The summed E-state index contributed by atoms with van der Waals surface area (Å²) >= 11 is 0. The molecule has 1 amide bonds. The van der Waals surface area contributed by atoms with Gasteiger partial charge in [0.1, 0.15) is 6.10 Å². The monoisotopic (exact) mass is 392 g/mol. The predicted molar refractivity (Wildman–Crippen MR) is 108 cm³/mol. The van der Waals surface area contributed by atoms with E-state index in [-0.39, 0.29) is 17.6 Å². The third-order valence-corrected chi connectivity index (χ3v) is 6.04. The number of carbonyl (C=O) groups is 1. The van der Waals surface area contributed by atoms with Crippen molar-refractivity contribution in [2.75, 3.05) is 19.7 Å². The molecule has 0 aliphatic carbocycles. The van der Waals surface area contributed by atoms with Crippen LogP contribution in [0.15, 0.2) is 49.1 Å². The number of H-pyrrole nitrogens is 1. The first-order valence-corrected chi connectivity index (χ1v) is 10.1. The van der Waals surface area contributed by atoms with E-state index in [0.29, 0.717) is 25.6 Å². The lowest BCUT2D eigenvalue weighted by Crippen LogP contribution is -2.52. The molecule has 4 heterocycles. The van der Waals surface area contributed by atoms with Crippen molar-refractivity contribution < 1.29 is 14.3 Å². The lowest BCUT2D eigenvalue weighted by atomic mass is 9.83. The maximum atomic E-state index is 13.0. The van der Waals surface area contributed by atoms with Crippen LogP contribution in [0, 0.1) is 0 Å². The Labute approximate surface area is 169 Å². The average Bonchev–Trinajstić information content (AvgIpc) is 3.23. The Morgan fingerprint density at radius 3 is 2.97 bits per heavy atom. The number of rotatable bonds is 3. The number of likely N-dealkylation sites (tertiary alicyclic amines) is 1. The molecule has 7 heteroatoms. The van der Waals surface area contributed by atoms with Gasteiger partial charge in [-0.25, -0.2) is 4.98 Å². The van der Waals surface area contributed by atoms with E-state index in [1.165, 1.54) is 0 Å². The lowest BCUT2D eigenvalue weighted by molar-refractivity contribution is -0.135. The summed E-state index contributed by atoms with van der Waals surface area (Å²) in [7, 11) is 0. The summed E-state index contributed by atoms with van der Waals surface area (Å²) in [5, 5.41) is 1.11. The number of carbonyl (C=O) groups excluding carboxylic acids is 1. The second-order valence-electron chi connectivity index (χ2n) is 7.88. The Morgan fingerprint density at radius 1 is 1.24 bits per heavy atom. The van der Waals surface area contributed by atoms with Crippen LogP contribution in [0.3, 0.4) is 0 Å². The van der Waals surface area contributed by atoms with Crippen molar-refractivity contribution in [3.8, 4) is 5.88 Å². The minimum atomic E-state index is -0.217. The van der Waals surface area contributed by atoms with Gasteiger partial charge in [-0.15, -0.1) is 0 Å². The zero-order chi connectivity index (χ0) is 19.7. The molecule has 7 nitrogen and oxygen atoms in total. The number of nitrogens with one attached hydrogen (secondary N) is 1. The second kappa shape index (κ2) is 7.48. The highest BCUT2D eigenvalue weighted by molar-refractivity contribution is 5.98. The van der Waals surface area contributed by atoms with Crippen LogP contribution in [0.4, 0.5) is 0 Å². The molecular formula is C22H24N4O3. The summed E-state index contributed by atoms with van der Waals surface area (Å²) in [6.07, 6.45) is 10.2. The molecule has 1 spiro atoms. The Kier molecular flexibility index (Phi) is 4.67. The number of hydrogen-bond donors (Lipinski definition) is 1. The Bertz CT molecular complexity index is 995. The maximum Gasteiger partial charge on any atom is 0.253 e. The van der Waals surface area contributed by atoms with Crippen LogP contribution in [0.1, 0.15) is 36.0 Å². The van der Waals surface area contributed by atoms with Crippen molar-refractivity contribution in [1.29, 1.82) is 0 Å². The maximum absolute atomic E-state index is 13.0. The third kappa shape index (κ3) is 3.70. The van der Waals surface area contributed by atoms with Gasteiger partial charge in [0, 0.05) is 55.6 Å². The van der Waals surface area contributed by atoms with Gasteiger partial charge in [-0.05, 0) is 36.4 Å². The van der Waals surface area contributed by atoms with Crippen LogP contribution < -0.4 is 4.74 Å². The number of ether oxygens (including phenoxy) is 2. The van der Waals surface area contributed by atoms with Crippen LogP contribution in [0.25, 0.3) is 10.9 Å². The number of amides is 1. The first-order valence-electron chi connectivity index (χ1n) is 10.1. The predicted octanol–water partition coefficient (Wildman–Crippen LogP) is 3.19. The molecule has 5 rings (SSSR count). The first-order chi connectivity index (χ1) is 14.2. The zero-order valence-electron chi connectivity index (χ0n) is 16.2. The molecule has 0 radical (unpaired) electrons. The first kappa shape index (κ1) is 18.1. The molecule has 1 N–H and O–H groups in total. The fraction of sp³-hybridized carbons (Fsp3) is 0.409. The molecule has 2 aliphatic rings. The van der Waals surface area contributed by atoms with Crippen molar-refractivity contribution >= 4 is 16.8 Å². The molecule has 3 aromatic rings. The van der Waals surface area contributed by atoms with Gasteiger partial charge in [-0.1, -0.05) is 6.07 Å². The molecule has 1 unspecified atom stereocenters.